The fraction of sp³-hybridized carbons (Fsp3) is 0.222. The molecule has 0 aliphatic heterocycles. The number of nitrogens with zero attached hydrogens (tertiary/aromatic N) is 4. The Morgan fingerprint density at radius 2 is 1.88 bits per heavy atom. The maximum atomic E-state index is 12.6. The molecule has 0 N–H and O–H groups in total. The lowest BCUT2D eigenvalue weighted by Crippen LogP contribution is -2.37. The van der Waals surface area contributed by atoms with Crippen molar-refractivity contribution in [3.8, 4) is 11.4 Å². The zero-order chi connectivity index (χ0) is 18.1. The largest absolute Gasteiger partial charge is 0.332 e. The van der Waals surface area contributed by atoms with E-state index in [1.54, 1.807) is 13.1 Å². The molecule has 3 rings (SSSR count). The zero-order valence-electron chi connectivity index (χ0n) is 14.3. The summed E-state index contributed by atoms with van der Waals surface area (Å²) >= 11 is 1.40. The van der Waals surface area contributed by atoms with Crippen LogP contribution in [-0.4, -0.2) is 24.9 Å². The van der Waals surface area contributed by atoms with Gasteiger partial charge in [-0.25, -0.2) is 14.8 Å². The first-order chi connectivity index (χ1) is 12.0. The van der Waals surface area contributed by atoms with Crippen molar-refractivity contribution in [1.29, 1.82) is 0 Å². The first-order valence-corrected chi connectivity index (χ1v) is 8.71. The summed E-state index contributed by atoms with van der Waals surface area (Å²) in [5.41, 5.74) is 1.44. The van der Waals surface area contributed by atoms with Gasteiger partial charge in [-0.05, 0) is 12.5 Å². The lowest BCUT2D eigenvalue weighted by atomic mass is 10.1. The van der Waals surface area contributed by atoms with Crippen molar-refractivity contribution < 1.29 is 0 Å². The van der Waals surface area contributed by atoms with Gasteiger partial charge in [-0.1, -0.05) is 30.3 Å². The number of fused-ring (bicyclic) bond motifs is 1. The molecule has 7 heteroatoms. The fourth-order valence-corrected chi connectivity index (χ4v) is 3.37. The van der Waals surface area contributed by atoms with E-state index in [1.165, 1.54) is 23.4 Å². The summed E-state index contributed by atoms with van der Waals surface area (Å²) in [6.45, 7) is 5.69. The van der Waals surface area contributed by atoms with Gasteiger partial charge in [0.2, 0.25) is 0 Å². The normalized spacial score (nSPS) is 11.0. The molecular weight excluding hydrogens is 336 g/mol. The molecule has 0 saturated heterocycles. The van der Waals surface area contributed by atoms with Crippen LogP contribution in [-0.2, 0) is 14.1 Å². The molecule has 0 aliphatic carbocycles. The number of thioether (sulfide) groups is 1. The van der Waals surface area contributed by atoms with Crippen LogP contribution in [0.25, 0.3) is 22.4 Å². The van der Waals surface area contributed by atoms with Gasteiger partial charge >= 0.3 is 5.69 Å². The molecule has 0 fully saturated rings. The molecule has 2 heterocycles. The summed E-state index contributed by atoms with van der Waals surface area (Å²) in [5.74, 6) is 1.10. The summed E-state index contributed by atoms with van der Waals surface area (Å²) in [6.07, 6.45) is 1.75. The minimum Gasteiger partial charge on any atom is -0.280 e. The van der Waals surface area contributed by atoms with Gasteiger partial charge in [-0.15, -0.1) is 18.3 Å². The second-order valence-electron chi connectivity index (χ2n) is 5.67. The van der Waals surface area contributed by atoms with Crippen molar-refractivity contribution in [3.63, 3.8) is 0 Å². The number of hydrogen-bond acceptors (Lipinski definition) is 5. The first-order valence-electron chi connectivity index (χ1n) is 7.73. The van der Waals surface area contributed by atoms with E-state index in [9.17, 15) is 9.59 Å². The lowest BCUT2D eigenvalue weighted by molar-refractivity contribution is 0.703. The highest BCUT2D eigenvalue weighted by Crippen LogP contribution is 2.27. The van der Waals surface area contributed by atoms with E-state index in [1.807, 2.05) is 31.2 Å². The summed E-state index contributed by atoms with van der Waals surface area (Å²) in [4.78, 5) is 34.1. The summed E-state index contributed by atoms with van der Waals surface area (Å²) in [5, 5.41) is 0.910. The van der Waals surface area contributed by atoms with Crippen LogP contribution in [0.1, 0.15) is 5.56 Å². The molecular formula is C18H18N4O2S. The van der Waals surface area contributed by atoms with E-state index in [0.29, 0.717) is 27.6 Å². The Morgan fingerprint density at radius 1 is 1.16 bits per heavy atom. The number of aryl methyl sites for hydroxylation is 2. The minimum atomic E-state index is -0.411. The molecule has 0 radical (unpaired) electrons. The topological polar surface area (TPSA) is 69.8 Å². The van der Waals surface area contributed by atoms with Crippen molar-refractivity contribution in [2.45, 2.75) is 11.9 Å². The monoisotopic (exact) mass is 354 g/mol. The average Bonchev–Trinajstić information content (AvgIpc) is 2.62. The Kier molecular flexibility index (Phi) is 4.59. The van der Waals surface area contributed by atoms with E-state index in [2.05, 4.69) is 16.5 Å². The highest BCUT2D eigenvalue weighted by molar-refractivity contribution is 7.99. The molecule has 2 aromatic heterocycles. The van der Waals surface area contributed by atoms with Gasteiger partial charge in [0.1, 0.15) is 10.4 Å². The molecule has 128 valence electrons. The van der Waals surface area contributed by atoms with E-state index in [-0.39, 0.29) is 5.56 Å². The Labute approximate surface area is 148 Å². The molecule has 6 nitrogen and oxygen atoms in total. The molecule has 3 aromatic rings. The molecule has 0 atom stereocenters. The molecule has 0 spiro atoms. The molecule has 1 aromatic carbocycles. The number of aromatic nitrogens is 4. The molecule has 0 amide bonds. The van der Waals surface area contributed by atoms with Gasteiger partial charge in [0, 0.05) is 25.4 Å². The van der Waals surface area contributed by atoms with Gasteiger partial charge in [0.05, 0.1) is 0 Å². The third kappa shape index (κ3) is 2.91. The van der Waals surface area contributed by atoms with E-state index < -0.39 is 5.69 Å². The molecule has 25 heavy (non-hydrogen) atoms. The smallest absolute Gasteiger partial charge is 0.280 e. The van der Waals surface area contributed by atoms with Crippen LogP contribution in [0.2, 0.25) is 0 Å². The molecule has 0 aliphatic rings. The summed E-state index contributed by atoms with van der Waals surface area (Å²) in [7, 11) is 3.07. The Balaban J connectivity index is 2.44. The Bertz CT molecular complexity index is 1100. The van der Waals surface area contributed by atoms with Crippen LogP contribution in [0, 0.1) is 6.92 Å². The lowest BCUT2D eigenvalue weighted by Gasteiger charge is -2.12. The van der Waals surface area contributed by atoms with Crippen molar-refractivity contribution in [2.75, 3.05) is 5.75 Å². The standard InChI is InChI=1S/C18H18N4O2S/c1-5-10-25-16-13-15(21(3)18(24)22(4)17(13)23)19-14(20-16)12-9-7-6-8-11(12)2/h5-9H,1,10H2,2-4H3. The third-order valence-electron chi connectivity index (χ3n) is 3.99. The fourth-order valence-electron chi connectivity index (χ4n) is 2.62. The molecule has 0 saturated carbocycles. The second kappa shape index (κ2) is 6.68. The van der Waals surface area contributed by atoms with Gasteiger partial charge in [0.15, 0.2) is 11.5 Å². The van der Waals surface area contributed by atoms with Crippen molar-refractivity contribution in [3.05, 3.63) is 63.3 Å². The van der Waals surface area contributed by atoms with Crippen LogP contribution in [0.5, 0.6) is 0 Å². The average molecular weight is 354 g/mol. The van der Waals surface area contributed by atoms with Gasteiger partial charge < -0.3 is 0 Å². The molecule has 0 bridgehead atoms. The predicted octanol–water partition coefficient (Wildman–Crippen LogP) is 2.28. The van der Waals surface area contributed by atoms with Crippen molar-refractivity contribution >= 4 is 22.8 Å². The number of rotatable bonds is 4. The van der Waals surface area contributed by atoms with Crippen LogP contribution in [0.3, 0.4) is 0 Å². The quantitative estimate of drug-likeness (QED) is 0.408. The second-order valence-corrected chi connectivity index (χ2v) is 6.68. The predicted molar refractivity (Wildman–Crippen MR) is 101 cm³/mol. The number of hydrogen-bond donors (Lipinski definition) is 0. The summed E-state index contributed by atoms with van der Waals surface area (Å²) < 4.78 is 2.47. The SMILES string of the molecule is C=CCSc1nc(-c2ccccc2C)nc2c1c(=O)n(C)c(=O)n2C. The highest BCUT2D eigenvalue weighted by Gasteiger charge is 2.18. The van der Waals surface area contributed by atoms with Gasteiger partial charge in [0.25, 0.3) is 5.56 Å². The third-order valence-corrected chi connectivity index (χ3v) is 4.96. The van der Waals surface area contributed by atoms with Crippen LogP contribution < -0.4 is 11.2 Å². The van der Waals surface area contributed by atoms with Gasteiger partial charge in [-0.2, -0.15) is 0 Å². The van der Waals surface area contributed by atoms with E-state index >= 15 is 0 Å². The van der Waals surface area contributed by atoms with Crippen LogP contribution in [0.15, 0.2) is 51.5 Å². The zero-order valence-corrected chi connectivity index (χ0v) is 15.1. The Hall–Kier alpha value is -2.67. The maximum absolute atomic E-state index is 12.6. The van der Waals surface area contributed by atoms with Gasteiger partial charge in [-0.3, -0.25) is 13.9 Å². The van der Waals surface area contributed by atoms with E-state index in [4.69, 9.17) is 0 Å². The van der Waals surface area contributed by atoms with Crippen molar-refractivity contribution in [2.24, 2.45) is 14.1 Å². The minimum absolute atomic E-state index is 0.341. The maximum Gasteiger partial charge on any atom is 0.332 e. The van der Waals surface area contributed by atoms with Crippen molar-refractivity contribution in [1.82, 2.24) is 19.1 Å². The van der Waals surface area contributed by atoms with E-state index in [0.717, 1.165) is 15.7 Å². The summed E-state index contributed by atoms with van der Waals surface area (Å²) in [6, 6.07) is 7.76. The highest BCUT2D eigenvalue weighted by atomic mass is 32.2. The van der Waals surface area contributed by atoms with Crippen LogP contribution >= 0.6 is 11.8 Å². The first kappa shape index (κ1) is 17.2. The van der Waals surface area contributed by atoms with Crippen LogP contribution in [0.4, 0.5) is 0 Å². The number of benzene rings is 1. The Morgan fingerprint density at radius 3 is 2.56 bits per heavy atom. The molecule has 0 unspecified atom stereocenters.